The average molecular weight is 134 g/mol. The topological polar surface area (TPSA) is 41.1 Å². The molecule has 0 aliphatic heterocycles. The van der Waals surface area contributed by atoms with E-state index < -0.39 is 0 Å². The molecular weight excluding hydrogens is 116 g/mol. The van der Waals surface area contributed by atoms with E-state index in [-0.39, 0.29) is 20.9 Å². The minimum atomic E-state index is -0.123. The molecule has 0 bridgehead atoms. The number of carbonyl (C=O) groups excluding carboxylic acids is 1. The van der Waals surface area contributed by atoms with E-state index in [9.17, 15) is 4.79 Å². The molecular formula is C6H18N2O. The van der Waals surface area contributed by atoms with Gasteiger partial charge < -0.3 is 10.6 Å². The van der Waals surface area contributed by atoms with E-state index in [1.165, 1.54) is 0 Å². The summed E-state index contributed by atoms with van der Waals surface area (Å²) in [6, 6.07) is -0.123. The number of urea groups is 1. The SMILES string of the molecule is C.C.CCNC(=O)NC. The van der Waals surface area contributed by atoms with Crippen LogP contribution in [-0.4, -0.2) is 19.6 Å². The fraction of sp³-hybridized carbons (Fsp3) is 0.833. The number of hydrogen-bond acceptors (Lipinski definition) is 1. The Bertz CT molecular complexity index is 64.1. The Kier molecular flexibility index (Phi) is 18.0. The van der Waals surface area contributed by atoms with Crippen LogP contribution in [0.3, 0.4) is 0 Å². The van der Waals surface area contributed by atoms with Crippen LogP contribution in [0.1, 0.15) is 21.8 Å². The maximum absolute atomic E-state index is 10.2. The van der Waals surface area contributed by atoms with Crippen molar-refractivity contribution >= 4 is 6.03 Å². The van der Waals surface area contributed by atoms with Crippen molar-refractivity contribution in [2.75, 3.05) is 13.6 Å². The number of nitrogens with one attached hydrogen (secondary N) is 2. The van der Waals surface area contributed by atoms with Crippen molar-refractivity contribution in [3.05, 3.63) is 0 Å². The van der Waals surface area contributed by atoms with Crippen LogP contribution in [0, 0.1) is 0 Å². The zero-order chi connectivity index (χ0) is 5.70. The molecule has 0 unspecified atom stereocenters. The summed E-state index contributed by atoms with van der Waals surface area (Å²) in [5.74, 6) is 0. The van der Waals surface area contributed by atoms with Gasteiger partial charge in [0.25, 0.3) is 0 Å². The predicted molar refractivity (Wildman–Crippen MR) is 41.6 cm³/mol. The lowest BCUT2D eigenvalue weighted by Gasteiger charge is -1.96. The van der Waals surface area contributed by atoms with Gasteiger partial charge in [-0.3, -0.25) is 0 Å². The molecule has 0 atom stereocenters. The van der Waals surface area contributed by atoms with E-state index >= 15 is 0 Å². The molecule has 0 aliphatic carbocycles. The summed E-state index contributed by atoms with van der Waals surface area (Å²) < 4.78 is 0. The molecule has 0 rings (SSSR count). The van der Waals surface area contributed by atoms with Gasteiger partial charge >= 0.3 is 6.03 Å². The van der Waals surface area contributed by atoms with Crippen LogP contribution in [0.4, 0.5) is 4.79 Å². The molecule has 58 valence electrons. The third-order valence-corrected chi connectivity index (χ3v) is 0.564. The van der Waals surface area contributed by atoms with Crippen molar-refractivity contribution in [2.45, 2.75) is 21.8 Å². The standard InChI is InChI=1S/C4H10N2O.2CH4/c1-3-6-4(7)5-2;;/h3H2,1-2H3,(H2,5,6,7);2*1H4. The zero-order valence-corrected chi connectivity index (χ0v) is 4.62. The minimum absolute atomic E-state index is 0. The van der Waals surface area contributed by atoms with E-state index in [0.717, 1.165) is 0 Å². The monoisotopic (exact) mass is 134 g/mol. The van der Waals surface area contributed by atoms with Gasteiger partial charge in [0, 0.05) is 13.6 Å². The number of rotatable bonds is 1. The first kappa shape index (κ1) is 15.7. The lowest BCUT2D eigenvalue weighted by Crippen LogP contribution is -2.32. The molecule has 9 heavy (non-hydrogen) atoms. The molecule has 0 spiro atoms. The minimum Gasteiger partial charge on any atom is -0.341 e. The van der Waals surface area contributed by atoms with Gasteiger partial charge in [-0.05, 0) is 6.92 Å². The van der Waals surface area contributed by atoms with Gasteiger partial charge in [-0.15, -0.1) is 0 Å². The highest BCUT2D eigenvalue weighted by Crippen LogP contribution is 1.55. The molecule has 0 aromatic heterocycles. The predicted octanol–water partition coefficient (Wildman–Crippen LogP) is 1.21. The molecule has 2 N–H and O–H groups in total. The van der Waals surface area contributed by atoms with Crippen molar-refractivity contribution in [2.24, 2.45) is 0 Å². The molecule has 0 saturated heterocycles. The van der Waals surface area contributed by atoms with Crippen LogP contribution < -0.4 is 10.6 Å². The maximum atomic E-state index is 10.2. The van der Waals surface area contributed by atoms with Crippen LogP contribution in [0.5, 0.6) is 0 Å². The van der Waals surface area contributed by atoms with Crippen LogP contribution in [0.2, 0.25) is 0 Å². The Labute approximate surface area is 57.8 Å². The summed E-state index contributed by atoms with van der Waals surface area (Å²) in [5, 5.41) is 4.96. The third-order valence-electron chi connectivity index (χ3n) is 0.564. The molecule has 0 heterocycles. The largest absolute Gasteiger partial charge is 0.341 e. The Morgan fingerprint density at radius 1 is 1.44 bits per heavy atom. The third kappa shape index (κ3) is 11.1. The van der Waals surface area contributed by atoms with Crippen LogP contribution in [0.25, 0.3) is 0 Å². The Morgan fingerprint density at radius 3 is 2.00 bits per heavy atom. The second-order valence-corrected chi connectivity index (χ2v) is 1.11. The van der Waals surface area contributed by atoms with Crippen LogP contribution in [0.15, 0.2) is 0 Å². The lowest BCUT2D eigenvalue weighted by molar-refractivity contribution is 0.243. The maximum Gasteiger partial charge on any atom is 0.314 e. The van der Waals surface area contributed by atoms with Gasteiger partial charge in [-0.1, -0.05) is 14.9 Å². The van der Waals surface area contributed by atoms with Gasteiger partial charge in [0.1, 0.15) is 0 Å². The van der Waals surface area contributed by atoms with Crippen LogP contribution >= 0.6 is 0 Å². The smallest absolute Gasteiger partial charge is 0.314 e. The zero-order valence-electron chi connectivity index (χ0n) is 4.62. The second kappa shape index (κ2) is 10.3. The van der Waals surface area contributed by atoms with E-state index in [0.29, 0.717) is 6.54 Å². The number of hydrogen-bond donors (Lipinski definition) is 2. The molecule has 0 aromatic carbocycles. The first-order valence-electron chi connectivity index (χ1n) is 2.26. The normalized spacial score (nSPS) is 6.00. The van der Waals surface area contributed by atoms with Crippen molar-refractivity contribution < 1.29 is 4.79 Å². The second-order valence-electron chi connectivity index (χ2n) is 1.11. The fourth-order valence-electron chi connectivity index (χ4n) is 0.249. The van der Waals surface area contributed by atoms with Gasteiger partial charge in [0.2, 0.25) is 0 Å². The first-order chi connectivity index (χ1) is 3.31. The van der Waals surface area contributed by atoms with Gasteiger partial charge in [-0.2, -0.15) is 0 Å². The van der Waals surface area contributed by atoms with Crippen molar-refractivity contribution in [3.63, 3.8) is 0 Å². The molecule has 0 aromatic rings. The van der Waals surface area contributed by atoms with E-state index in [1.54, 1.807) is 7.05 Å². The van der Waals surface area contributed by atoms with Crippen LogP contribution in [-0.2, 0) is 0 Å². The summed E-state index contributed by atoms with van der Waals surface area (Å²) in [7, 11) is 1.59. The summed E-state index contributed by atoms with van der Waals surface area (Å²) in [6.07, 6.45) is 0. The highest BCUT2D eigenvalue weighted by molar-refractivity contribution is 5.73. The fourth-order valence-corrected chi connectivity index (χ4v) is 0.249. The molecule has 0 saturated carbocycles. The Hall–Kier alpha value is -0.730. The molecule has 0 aliphatic rings. The summed E-state index contributed by atoms with van der Waals surface area (Å²) in [6.45, 7) is 2.55. The molecule has 3 nitrogen and oxygen atoms in total. The molecule has 3 heteroatoms. The summed E-state index contributed by atoms with van der Waals surface area (Å²) in [4.78, 5) is 10.2. The number of amides is 2. The van der Waals surface area contributed by atoms with E-state index in [4.69, 9.17) is 0 Å². The highest BCUT2D eigenvalue weighted by Gasteiger charge is 1.86. The van der Waals surface area contributed by atoms with Crippen molar-refractivity contribution in [3.8, 4) is 0 Å². The van der Waals surface area contributed by atoms with Gasteiger partial charge in [0.15, 0.2) is 0 Å². The molecule has 2 amide bonds. The Balaban J connectivity index is -0.000000180. The number of carbonyl (C=O) groups is 1. The highest BCUT2D eigenvalue weighted by atomic mass is 16.2. The first-order valence-corrected chi connectivity index (χ1v) is 2.26. The molecule has 0 fully saturated rings. The Morgan fingerprint density at radius 2 is 1.89 bits per heavy atom. The van der Waals surface area contributed by atoms with Crippen molar-refractivity contribution in [1.82, 2.24) is 10.6 Å². The quantitative estimate of drug-likeness (QED) is 0.556. The average Bonchev–Trinajstić information content (AvgIpc) is 1.68. The van der Waals surface area contributed by atoms with Gasteiger partial charge in [-0.25, -0.2) is 4.79 Å². The summed E-state index contributed by atoms with van der Waals surface area (Å²) in [5.41, 5.74) is 0. The van der Waals surface area contributed by atoms with Crippen molar-refractivity contribution in [1.29, 1.82) is 0 Å². The summed E-state index contributed by atoms with van der Waals surface area (Å²) >= 11 is 0. The molecule has 0 radical (unpaired) electrons. The van der Waals surface area contributed by atoms with E-state index in [1.807, 2.05) is 6.92 Å². The van der Waals surface area contributed by atoms with Gasteiger partial charge in [0.05, 0.1) is 0 Å². The lowest BCUT2D eigenvalue weighted by atomic mass is 10.7. The van der Waals surface area contributed by atoms with E-state index in [2.05, 4.69) is 10.6 Å².